The lowest BCUT2D eigenvalue weighted by Crippen LogP contribution is -2.36. The van der Waals surface area contributed by atoms with Crippen LogP contribution in [0.4, 0.5) is 10.7 Å². The second-order valence-electron chi connectivity index (χ2n) is 5.34. The number of hydrogen-bond donors (Lipinski definition) is 1. The molecule has 23 heavy (non-hydrogen) atoms. The van der Waals surface area contributed by atoms with Crippen LogP contribution in [0.1, 0.15) is 17.5 Å². The minimum atomic E-state index is -0.104. The summed E-state index contributed by atoms with van der Waals surface area (Å²) < 4.78 is 5.27. The summed E-state index contributed by atoms with van der Waals surface area (Å²) in [5, 5.41) is 14.3. The maximum atomic E-state index is 12.3. The summed E-state index contributed by atoms with van der Waals surface area (Å²) >= 11 is 1.37. The third-order valence-corrected chi connectivity index (χ3v) is 4.70. The third-order valence-electron chi connectivity index (χ3n) is 3.87. The second-order valence-corrected chi connectivity index (χ2v) is 6.26. The Morgan fingerprint density at radius 2 is 2.35 bits per heavy atom. The number of ether oxygens (including phenoxy) is 1. The van der Waals surface area contributed by atoms with Crippen molar-refractivity contribution in [3.05, 3.63) is 40.8 Å². The van der Waals surface area contributed by atoms with E-state index in [1.807, 2.05) is 18.2 Å². The van der Waals surface area contributed by atoms with Crippen molar-refractivity contribution in [2.75, 3.05) is 30.4 Å². The molecule has 1 amide bonds. The molecule has 0 spiro atoms. The van der Waals surface area contributed by atoms with Crippen molar-refractivity contribution in [3.8, 4) is 11.8 Å². The number of fused-ring (bicyclic) bond motifs is 1. The van der Waals surface area contributed by atoms with E-state index in [0.29, 0.717) is 10.6 Å². The van der Waals surface area contributed by atoms with E-state index in [9.17, 15) is 4.79 Å². The number of aryl methyl sites for hydroxylation is 1. The zero-order chi connectivity index (χ0) is 16.2. The van der Waals surface area contributed by atoms with Crippen LogP contribution in [0.5, 0.6) is 5.75 Å². The van der Waals surface area contributed by atoms with Gasteiger partial charge < -0.3 is 15.0 Å². The molecule has 1 aromatic heterocycles. The summed E-state index contributed by atoms with van der Waals surface area (Å²) in [6, 6.07) is 9.75. The SMILES string of the molecule is COc1ccc2c(c1)CCCN2CC(=O)Nc1sccc1C#N. The molecule has 0 saturated heterocycles. The summed E-state index contributed by atoms with van der Waals surface area (Å²) in [5.74, 6) is 0.736. The van der Waals surface area contributed by atoms with Crippen LogP contribution in [-0.2, 0) is 11.2 Å². The van der Waals surface area contributed by atoms with Gasteiger partial charge in [0.25, 0.3) is 0 Å². The first-order valence-electron chi connectivity index (χ1n) is 7.40. The third kappa shape index (κ3) is 3.30. The number of rotatable bonds is 4. The molecule has 0 radical (unpaired) electrons. The molecular formula is C17H17N3O2S. The highest BCUT2D eigenvalue weighted by atomic mass is 32.1. The Morgan fingerprint density at radius 3 is 3.13 bits per heavy atom. The Hall–Kier alpha value is -2.52. The summed E-state index contributed by atoms with van der Waals surface area (Å²) in [7, 11) is 1.66. The molecule has 1 N–H and O–H groups in total. The number of methoxy groups -OCH3 is 1. The molecule has 2 heterocycles. The van der Waals surface area contributed by atoms with Crippen LogP contribution < -0.4 is 15.0 Å². The predicted molar refractivity (Wildman–Crippen MR) is 91.2 cm³/mol. The van der Waals surface area contributed by atoms with E-state index in [-0.39, 0.29) is 12.5 Å². The largest absolute Gasteiger partial charge is 0.497 e. The predicted octanol–water partition coefficient (Wildman–Crippen LogP) is 3.02. The van der Waals surface area contributed by atoms with Crippen molar-refractivity contribution in [2.45, 2.75) is 12.8 Å². The topological polar surface area (TPSA) is 65.4 Å². The molecule has 2 aromatic rings. The molecule has 1 aliphatic heterocycles. The number of nitrogens with one attached hydrogen (secondary N) is 1. The van der Waals surface area contributed by atoms with Gasteiger partial charge in [-0.15, -0.1) is 11.3 Å². The fraction of sp³-hybridized carbons (Fsp3) is 0.294. The zero-order valence-electron chi connectivity index (χ0n) is 12.8. The van der Waals surface area contributed by atoms with E-state index in [2.05, 4.69) is 16.3 Å². The molecule has 0 atom stereocenters. The van der Waals surface area contributed by atoms with Crippen molar-refractivity contribution in [1.82, 2.24) is 0 Å². The van der Waals surface area contributed by atoms with Gasteiger partial charge in [0, 0.05) is 12.2 Å². The van der Waals surface area contributed by atoms with Crippen LogP contribution in [0, 0.1) is 11.3 Å². The van der Waals surface area contributed by atoms with Crippen LogP contribution in [0.3, 0.4) is 0 Å². The van der Waals surface area contributed by atoms with Gasteiger partial charge in [-0.25, -0.2) is 0 Å². The standard InChI is InChI=1S/C17H17N3O2S/c1-22-14-4-5-15-12(9-14)3-2-7-20(15)11-16(21)19-17-13(10-18)6-8-23-17/h4-6,8-9H,2-3,7,11H2,1H3,(H,19,21). The lowest BCUT2D eigenvalue weighted by molar-refractivity contribution is -0.115. The second kappa shape index (κ2) is 6.71. The van der Waals surface area contributed by atoms with Crippen LogP contribution >= 0.6 is 11.3 Å². The van der Waals surface area contributed by atoms with Gasteiger partial charge in [-0.3, -0.25) is 4.79 Å². The highest BCUT2D eigenvalue weighted by Crippen LogP contribution is 2.30. The zero-order valence-corrected chi connectivity index (χ0v) is 13.7. The van der Waals surface area contributed by atoms with Gasteiger partial charge in [-0.1, -0.05) is 0 Å². The van der Waals surface area contributed by atoms with Crippen LogP contribution in [0.2, 0.25) is 0 Å². The number of anilines is 2. The molecular weight excluding hydrogens is 310 g/mol. The van der Waals surface area contributed by atoms with E-state index >= 15 is 0 Å². The summed E-state index contributed by atoms with van der Waals surface area (Å²) in [6.45, 7) is 1.13. The van der Waals surface area contributed by atoms with Gasteiger partial charge in [0.15, 0.2) is 0 Å². The van der Waals surface area contributed by atoms with E-state index in [4.69, 9.17) is 10.00 Å². The quantitative estimate of drug-likeness (QED) is 0.937. The lowest BCUT2D eigenvalue weighted by atomic mass is 10.0. The molecule has 0 fully saturated rings. The molecule has 1 aliphatic rings. The Labute approximate surface area is 139 Å². The van der Waals surface area contributed by atoms with Crippen molar-refractivity contribution in [3.63, 3.8) is 0 Å². The normalized spacial score (nSPS) is 13.1. The molecule has 6 heteroatoms. The van der Waals surface area contributed by atoms with Crippen molar-refractivity contribution in [1.29, 1.82) is 5.26 Å². The fourth-order valence-corrected chi connectivity index (χ4v) is 3.53. The van der Waals surface area contributed by atoms with Crippen molar-refractivity contribution in [2.24, 2.45) is 0 Å². The highest BCUT2D eigenvalue weighted by Gasteiger charge is 2.20. The lowest BCUT2D eigenvalue weighted by Gasteiger charge is -2.30. The first-order valence-corrected chi connectivity index (χ1v) is 8.28. The number of carbonyl (C=O) groups is 1. The number of amides is 1. The first kappa shape index (κ1) is 15.4. The van der Waals surface area contributed by atoms with E-state index in [0.717, 1.165) is 30.8 Å². The monoisotopic (exact) mass is 327 g/mol. The minimum Gasteiger partial charge on any atom is -0.497 e. The van der Waals surface area contributed by atoms with Crippen LogP contribution in [0.15, 0.2) is 29.6 Å². The van der Waals surface area contributed by atoms with Crippen molar-refractivity contribution >= 4 is 27.9 Å². The van der Waals surface area contributed by atoms with Crippen molar-refractivity contribution < 1.29 is 9.53 Å². The summed E-state index contributed by atoms with van der Waals surface area (Å²) in [6.07, 6.45) is 2.00. The smallest absolute Gasteiger partial charge is 0.244 e. The van der Waals surface area contributed by atoms with Gasteiger partial charge in [-0.2, -0.15) is 5.26 Å². The first-order chi connectivity index (χ1) is 11.2. The highest BCUT2D eigenvalue weighted by molar-refractivity contribution is 7.14. The molecule has 0 aliphatic carbocycles. The average molecular weight is 327 g/mol. The molecule has 0 unspecified atom stereocenters. The molecule has 118 valence electrons. The maximum absolute atomic E-state index is 12.3. The van der Waals surface area contributed by atoms with Gasteiger partial charge in [0.1, 0.15) is 16.8 Å². The van der Waals surface area contributed by atoms with Gasteiger partial charge in [0.2, 0.25) is 5.91 Å². The van der Waals surface area contributed by atoms with Gasteiger partial charge >= 0.3 is 0 Å². The Balaban J connectivity index is 1.72. The van der Waals surface area contributed by atoms with E-state index in [1.54, 1.807) is 18.6 Å². The minimum absolute atomic E-state index is 0.104. The molecule has 5 nitrogen and oxygen atoms in total. The number of thiophene rings is 1. The molecule has 3 rings (SSSR count). The number of nitriles is 1. The molecule has 0 bridgehead atoms. The average Bonchev–Trinajstić information content (AvgIpc) is 3.01. The van der Waals surface area contributed by atoms with Gasteiger partial charge in [-0.05, 0) is 48.1 Å². The Morgan fingerprint density at radius 1 is 1.48 bits per heavy atom. The molecule has 1 aromatic carbocycles. The number of benzene rings is 1. The Kier molecular flexibility index (Phi) is 4.49. The summed E-state index contributed by atoms with van der Waals surface area (Å²) in [4.78, 5) is 14.4. The van der Waals surface area contributed by atoms with E-state index in [1.165, 1.54) is 16.9 Å². The number of hydrogen-bond acceptors (Lipinski definition) is 5. The van der Waals surface area contributed by atoms with Gasteiger partial charge in [0.05, 0.1) is 19.2 Å². The number of nitrogens with zero attached hydrogens (tertiary/aromatic N) is 2. The van der Waals surface area contributed by atoms with Crippen LogP contribution in [0.25, 0.3) is 0 Å². The summed E-state index contributed by atoms with van der Waals surface area (Å²) in [5.41, 5.74) is 2.79. The molecule has 0 saturated carbocycles. The van der Waals surface area contributed by atoms with Crippen LogP contribution in [-0.4, -0.2) is 26.1 Å². The van der Waals surface area contributed by atoms with E-state index < -0.39 is 0 Å². The number of carbonyl (C=O) groups excluding carboxylic acids is 1. The maximum Gasteiger partial charge on any atom is 0.244 e. The Bertz CT molecular complexity index is 763. The fourth-order valence-electron chi connectivity index (χ4n) is 2.78.